The van der Waals surface area contributed by atoms with E-state index < -0.39 is 0 Å². The van der Waals surface area contributed by atoms with Crippen LogP contribution in [0.5, 0.6) is 0 Å². The van der Waals surface area contributed by atoms with E-state index >= 15 is 0 Å². The number of aryl methyl sites for hydroxylation is 2. The van der Waals surface area contributed by atoms with Crippen LogP contribution in [0.4, 0.5) is 0 Å². The number of nitrogens with one attached hydrogen (secondary N) is 1. The first-order valence-corrected chi connectivity index (χ1v) is 6.44. The summed E-state index contributed by atoms with van der Waals surface area (Å²) in [7, 11) is 1.98. The largest absolute Gasteiger partial charge is 0.308 e. The van der Waals surface area contributed by atoms with Gasteiger partial charge in [0.2, 0.25) is 0 Å². The molecule has 0 aliphatic carbocycles. The first-order chi connectivity index (χ1) is 8.76. The maximum atomic E-state index is 4.56. The smallest absolute Gasteiger partial charge is 0.0751 e. The summed E-state index contributed by atoms with van der Waals surface area (Å²) < 4.78 is 0. The third-order valence-corrected chi connectivity index (χ3v) is 3.28. The molecular weight excluding hydrogens is 220 g/mol. The Hall–Kier alpha value is -1.67. The zero-order chi connectivity index (χ0) is 13.0. The standard InChI is InChI=1S/C16H20N2/c1-4-13-6-5-11-18-16(13)15(17-3)14-9-7-12(2)8-10-14/h5-11,15,17H,4H2,1-3H3. The zero-order valence-electron chi connectivity index (χ0n) is 11.3. The molecule has 0 saturated heterocycles. The van der Waals surface area contributed by atoms with E-state index in [0.717, 1.165) is 12.1 Å². The molecule has 0 spiro atoms. The molecule has 2 nitrogen and oxygen atoms in total. The maximum Gasteiger partial charge on any atom is 0.0751 e. The Labute approximate surface area is 109 Å². The number of hydrogen-bond acceptors (Lipinski definition) is 2. The highest BCUT2D eigenvalue weighted by Crippen LogP contribution is 2.23. The molecule has 0 bridgehead atoms. The van der Waals surface area contributed by atoms with Crippen molar-refractivity contribution >= 4 is 0 Å². The van der Waals surface area contributed by atoms with Crippen LogP contribution in [0.3, 0.4) is 0 Å². The molecule has 0 aliphatic heterocycles. The Balaban J connectivity index is 2.41. The predicted molar refractivity (Wildman–Crippen MR) is 75.7 cm³/mol. The van der Waals surface area contributed by atoms with E-state index in [9.17, 15) is 0 Å². The summed E-state index contributed by atoms with van der Waals surface area (Å²) in [4.78, 5) is 4.56. The van der Waals surface area contributed by atoms with Gasteiger partial charge in [0.25, 0.3) is 0 Å². The van der Waals surface area contributed by atoms with E-state index in [1.165, 1.54) is 16.7 Å². The van der Waals surface area contributed by atoms with Crippen LogP contribution in [0.15, 0.2) is 42.6 Å². The molecule has 0 radical (unpaired) electrons. The van der Waals surface area contributed by atoms with E-state index in [0.29, 0.717) is 0 Å². The van der Waals surface area contributed by atoms with Gasteiger partial charge in [0, 0.05) is 6.20 Å². The quantitative estimate of drug-likeness (QED) is 0.887. The number of rotatable bonds is 4. The minimum Gasteiger partial charge on any atom is -0.308 e. The first-order valence-electron chi connectivity index (χ1n) is 6.44. The molecule has 0 fully saturated rings. The molecule has 2 heteroatoms. The van der Waals surface area contributed by atoms with Gasteiger partial charge in [0.15, 0.2) is 0 Å². The minimum atomic E-state index is 0.168. The van der Waals surface area contributed by atoms with E-state index in [-0.39, 0.29) is 6.04 Å². The molecular formula is C16H20N2. The van der Waals surface area contributed by atoms with Crippen LogP contribution in [-0.4, -0.2) is 12.0 Å². The highest BCUT2D eigenvalue weighted by Gasteiger charge is 2.15. The van der Waals surface area contributed by atoms with Crippen molar-refractivity contribution in [3.63, 3.8) is 0 Å². The Morgan fingerprint density at radius 2 is 1.89 bits per heavy atom. The minimum absolute atomic E-state index is 0.168. The number of nitrogens with zero attached hydrogens (tertiary/aromatic N) is 1. The van der Waals surface area contributed by atoms with Crippen LogP contribution in [0.25, 0.3) is 0 Å². The lowest BCUT2D eigenvalue weighted by Crippen LogP contribution is -2.20. The average Bonchev–Trinajstić information content (AvgIpc) is 2.42. The lowest BCUT2D eigenvalue weighted by molar-refractivity contribution is 0.662. The van der Waals surface area contributed by atoms with Crippen LogP contribution in [0.2, 0.25) is 0 Å². The van der Waals surface area contributed by atoms with E-state index in [1.54, 1.807) is 0 Å². The lowest BCUT2D eigenvalue weighted by Gasteiger charge is -2.19. The molecule has 0 aliphatic rings. The van der Waals surface area contributed by atoms with Crippen molar-refractivity contribution in [3.8, 4) is 0 Å². The number of benzene rings is 1. The van der Waals surface area contributed by atoms with Crippen molar-refractivity contribution in [3.05, 3.63) is 65.0 Å². The second kappa shape index (κ2) is 5.78. The van der Waals surface area contributed by atoms with Crippen LogP contribution >= 0.6 is 0 Å². The number of pyridine rings is 1. The van der Waals surface area contributed by atoms with Gasteiger partial charge in [-0.25, -0.2) is 0 Å². The summed E-state index contributed by atoms with van der Waals surface area (Å²) in [6.45, 7) is 4.28. The molecule has 2 rings (SSSR count). The van der Waals surface area contributed by atoms with Crippen molar-refractivity contribution < 1.29 is 0 Å². The van der Waals surface area contributed by atoms with Crippen LogP contribution in [0.1, 0.15) is 35.3 Å². The van der Waals surface area contributed by atoms with Crippen molar-refractivity contribution in [2.45, 2.75) is 26.3 Å². The van der Waals surface area contributed by atoms with Gasteiger partial charge in [-0.2, -0.15) is 0 Å². The normalized spacial score (nSPS) is 12.4. The van der Waals surface area contributed by atoms with Crippen LogP contribution < -0.4 is 5.32 Å². The van der Waals surface area contributed by atoms with E-state index in [2.05, 4.69) is 54.5 Å². The highest BCUT2D eigenvalue weighted by molar-refractivity contribution is 5.34. The zero-order valence-corrected chi connectivity index (χ0v) is 11.3. The van der Waals surface area contributed by atoms with Gasteiger partial charge < -0.3 is 5.32 Å². The second-order valence-corrected chi connectivity index (χ2v) is 4.53. The number of aromatic nitrogens is 1. The molecule has 1 unspecified atom stereocenters. The summed E-state index contributed by atoms with van der Waals surface area (Å²) in [5.41, 5.74) is 4.98. The fraction of sp³-hybridized carbons (Fsp3) is 0.312. The Bertz CT molecular complexity index is 503. The van der Waals surface area contributed by atoms with Crippen molar-refractivity contribution in [1.29, 1.82) is 0 Å². The average molecular weight is 240 g/mol. The Morgan fingerprint density at radius 3 is 2.50 bits per heavy atom. The second-order valence-electron chi connectivity index (χ2n) is 4.53. The Morgan fingerprint density at radius 1 is 1.17 bits per heavy atom. The molecule has 1 N–H and O–H groups in total. The molecule has 2 aromatic rings. The maximum absolute atomic E-state index is 4.56. The molecule has 1 aromatic carbocycles. The summed E-state index contributed by atoms with van der Waals surface area (Å²) >= 11 is 0. The third kappa shape index (κ3) is 2.59. The molecule has 0 saturated carbocycles. The molecule has 1 atom stereocenters. The molecule has 94 valence electrons. The monoisotopic (exact) mass is 240 g/mol. The van der Waals surface area contributed by atoms with Gasteiger partial charge in [-0.05, 0) is 37.6 Å². The van der Waals surface area contributed by atoms with E-state index in [1.807, 2.05) is 19.3 Å². The molecule has 1 heterocycles. The number of hydrogen-bond donors (Lipinski definition) is 1. The van der Waals surface area contributed by atoms with E-state index in [4.69, 9.17) is 0 Å². The predicted octanol–water partition coefficient (Wildman–Crippen LogP) is 3.26. The van der Waals surface area contributed by atoms with Crippen LogP contribution in [-0.2, 0) is 6.42 Å². The summed E-state index contributed by atoms with van der Waals surface area (Å²) in [6.07, 6.45) is 2.88. The van der Waals surface area contributed by atoms with Crippen molar-refractivity contribution in [1.82, 2.24) is 10.3 Å². The molecule has 18 heavy (non-hydrogen) atoms. The SMILES string of the molecule is CCc1cccnc1C(NC)c1ccc(C)cc1. The van der Waals surface area contributed by atoms with Gasteiger partial charge in [0.1, 0.15) is 0 Å². The van der Waals surface area contributed by atoms with Gasteiger partial charge in [0.05, 0.1) is 11.7 Å². The molecule has 1 aromatic heterocycles. The topological polar surface area (TPSA) is 24.9 Å². The fourth-order valence-electron chi connectivity index (χ4n) is 2.23. The Kier molecular flexibility index (Phi) is 4.11. The van der Waals surface area contributed by atoms with Gasteiger partial charge >= 0.3 is 0 Å². The third-order valence-electron chi connectivity index (χ3n) is 3.28. The molecule has 0 amide bonds. The van der Waals surface area contributed by atoms with Crippen LogP contribution in [0, 0.1) is 6.92 Å². The highest BCUT2D eigenvalue weighted by atomic mass is 14.9. The van der Waals surface area contributed by atoms with Gasteiger partial charge in [-0.1, -0.05) is 42.8 Å². The van der Waals surface area contributed by atoms with Gasteiger partial charge in [-0.3, -0.25) is 4.98 Å². The summed E-state index contributed by atoms with van der Waals surface area (Å²) in [6, 6.07) is 13.0. The fourth-order valence-corrected chi connectivity index (χ4v) is 2.23. The van der Waals surface area contributed by atoms with Gasteiger partial charge in [-0.15, -0.1) is 0 Å². The first kappa shape index (κ1) is 12.8. The summed E-state index contributed by atoms with van der Waals surface area (Å²) in [5.74, 6) is 0. The lowest BCUT2D eigenvalue weighted by atomic mass is 9.97. The summed E-state index contributed by atoms with van der Waals surface area (Å²) in [5, 5.41) is 3.37. The van der Waals surface area contributed by atoms with Crippen molar-refractivity contribution in [2.24, 2.45) is 0 Å². The van der Waals surface area contributed by atoms with Crippen molar-refractivity contribution in [2.75, 3.05) is 7.05 Å².